The molecular formula is C19H18N6O3. The summed E-state index contributed by atoms with van der Waals surface area (Å²) in [5.41, 5.74) is 7.99. The van der Waals surface area contributed by atoms with Crippen LogP contribution in [-0.4, -0.2) is 34.2 Å². The molecule has 4 aromatic rings. The number of nitrogens with zero attached hydrogens (tertiary/aromatic N) is 3. The Morgan fingerprint density at radius 2 is 1.82 bits per heavy atom. The summed E-state index contributed by atoms with van der Waals surface area (Å²) in [7, 11) is 3.08. The number of nitrogens with two attached hydrogens (primary N) is 1. The van der Waals surface area contributed by atoms with Crippen molar-refractivity contribution in [3.63, 3.8) is 0 Å². The summed E-state index contributed by atoms with van der Waals surface area (Å²) >= 11 is 0. The Bertz CT molecular complexity index is 1270. The average molecular weight is 378 g/mol. The number of hydrogen-bond acceptors (Lipinski definition) is 8. The van der Waals surface area contributed by atoms with Gasteiger partial charge in [-0.3, -0.25) is 15.1 Å². The van der Waals surface area contributed by atoms with Crippen LogP contribution in [0.3, 0.4) is 0 Å². The quantitative estimate of drug-likeness (QED) is 0.462. The van der Waals surface area contributed by atoms with Crippen LogP contribution in [0.5, 0.6) is 11.5 Å². The number of benzene rings is 2. The molecule has 4 N–H and O–H groups in total. The molecule has 0 radical (unpaired) electrons. The number of para-hydroxylation sites is 1. The molecule has 0 spiro atoms. The van der Waals surface area contributed by atoms with Crippen LogP contribution in [0, 0.1) is 6.92 Å². The van der Waals surface area contributed by atoms with E-state index in [-0.39, 0.29) is 17.5 Å². The van der Waals surface area contributed by atoms with E-state index in [1.807, 2.05) is 6.92 Å². The lowest BCUT2D eigenvalue weighted by atomic mass is 10.1. The molecule has 9 nitrogen and oxygen atoms in total. The van der Waals surface area contributed by atoms with Crippen LogP contribution in [-0.2, 0) is 0 Å². The molecule has 2 aromatic carbocycles. The Balaban J connectivity index is 1.81. The van der Waals surface area contributed by atoms with Crippen molar-refractivity contribution < 1.29 is 9.47 Å². The van der Waals surface area contributed by atoms with Gasteiger partial charge in [0.2, 0.25) is 11.9 Å². The van der Waals surface area contributed by atoms with Crippen LogP contribution in [0.1, 0.15) is 5.69 Å². The van der Waals surface area contributed by atoms with Crippen molar-refractivity contribution in [3.05, 3.63) is 46.4 Å². The van der Waals surface area contributed by atoms with Crippen LogP contribution in [0.25, 0.3) is 21.8 Å². The van der Waals surface area contributed by atoms with E-state index >= 15 is 0 Å². The fourth-order valence-electron chi connectivity index (χ4n) is 3.02. The van der Waals surface area contributed by atoms with Crippen molar-refractivity contribution in [1.29, 1.82) is 0 Å². The van der Waals surface area contributed by atoms with E-state index in [2.05, 4.69) is 25.3 Å². The van der Waals surface area contributed by atoms with Crippen LogP contribution in [0.15, 0.2) is 35.1 Å². The maximum atomic E-state index is 12.4. The number of H-pyrrole nitrogens is 1. The summed E-state index contributed by atoms with van der Waals surface area (Å²) in [5, 5.41) is 4.20. The Labute approximate surface area is 159 Å². The van der Waals surface area contributed by atoms with E-state index in [1.54, 1.807) is 37.4 Å². The van der Waals surface area contributed by atoms with Gasteiger partial charge < -0.3 is 15.2 Å². The second-order valence-electron chi connectivity index (χ2n) is 6.14. The fourth-order valence-corrected chi connectivity index (χ4v) is 3.02. The minimum Gasteiger partial charge on any atom is -0.495 e. The van der Waals surface area contributed by atoms with Gasteiger partial charge in [-0.25, -0.2) is 15.0 Å². The number of rotatable bonds is 4. The molecule has 0 unspecified atom stereocenters. The van der Waals surface area contributed by atoms with Gasteiger partial charge in [-0.1, -0.05) is 6.07 Å². The van der Waals surface area contributed by atoms with Gasteiger partial charge >= 0.3 is 0 Å². The first-order chi connectivity index (χ1) is 13.5. The molecule has 2 heterocycles. The lowest BCUT2D eigenvalue weighted by Gasteiger charge is -2.11. The second kappa shape index (κ2) is 6.69. The van der Waals surface area contributed by atoms with E-state index < -0.39 is 0 Å². The van der Waals surface area contributed by atoms with Crippen molar-refractivity contribution >= 4 is 39.4 Å². The third-order valence-electron chi connectivity index (χ3n) is 4.39. The summed E-state index contributed by atoms with van der Waals surface area (Å²) in [6.45, 7) is 1.85. The lowest BCUT2D eigenvalue weighted by Crippen LogP contribution is -2.13. The van der Waals surface area contributed by atoms with Gasteiger partial charge in [0.1, 0.15) is 17.0 Å². The highest BCUT2D eigenvalue weighted by molar-refractivity contribution is 5.88. The molecular weight excluding hydrogens is 360 g/mol. The number of nitrogens with one attached hydrogen (secondary N) is 2. The van der Waals surface area contributed by atoms with Gasteiger partial charge in [0.05, 0.1) is 36.5 Å². The normalized spacial score (nSPS) is 11.0. The monoisotopic (exact) mass is 378 g/mol. The summed E-state index contributed by atoms with van der Waals surface area (Å²) in [6.07, 6.45) is 0. The molecule has 0 aliphatic carbocycles. The maximum absolute atomic E-state index is 12.4. The predicted molar refractivity (Wildman–Crippen MR) is 107 cm³/mol. The molecule has 28 heavy (non-hydrogen) atoms. The zero-order valence-corrected chi connectivity index (χ0v) is 15.5. The fraction of sp³-hybridized carbons (Fsp3) is 0.158. The molecule has 142 valence electrons. The smallest absolute Gasteiger partial charge is 0.260 e. The van der Waals surface area contributed by atoms with Gasteiger partial charge in [0, 0.05) is 5.39 Å². The standard InChI is InChI=1S/C19H18N6O3/c1-9-11-7-15(28-3)12(20)8-13(11)22-18(21-9)25-19-23-16-10(17(26)24-19)5-4-6-14(16)27-2/h4-8H,20H2,1-3H3,(H2,21,22,23,24,25,26). The van der Waals surface area contributed by atoms with E-state index in [9.17, 15) is 4.79 Å². The number of nitrogen functional groups attached to an aromatic ring is 1. The first-order valence-electron chi connectivity index (χ1n) is 8.46. The van der Waals surface area contributed by atoms with Crippen LogP contribution in [0.4, 0.5) is 17.6 Å². The minimum atomic E-state index is -0.294. The van der Waals surface area contributed by atoms with Crippen molar-refractivity contribution in [2.45, 2.75) is 6.92 Å². The number of aryl methyl sites for hydroxylation is 1. The molecule has 4 rings (SSSR count). The van der Waals surface area contributed by atoms with E-state index in [0.717, 1.165) is 11.1 Å². The summed E-state index contributed by atoms with van der Waals surface area (Å²) < 4.78 is 10.6. The van der Waals surface area contributed by atoms with Crippen molar-refractivity contribution in [1.82, 2.24) is 19.9 Å². The number of anilines is 3. The number of aromatic nitrogens is 4. The number of ether oxygens (including phenoxy) is 2. The zero-order chi connectivity index (χ0) is 19.8. The Morgan fingerprint density at radius 3 is 2.57 bits per heavy atom. The molecule has 0 aliphatic rings. The molecule has 0 atom stereocenters. The van der Waals surface area contributed by atoms with E-state index in [1.165, 1.54) is 7.11 Å². The highest BCUT2D eigenvalue weighted by Gasteiger charge is 2.12. The SMILES string of the molecule is COc1cc2c(C)nc(Nc3nc4c(OC)cccc4c(=O)[nH]3)nc2cc1N. The molecule has 0 aliphatic heterocycles. The van der Waals surface area contributed by atoms with Gasteiger partial charge in [-0.15, -0.1) is 0 Å². The number of aromatic amines is 1. The molecule has 9 heteroatoms. The summed E-state index contributed by atoms with van der Waals surface area (Å²) in [6, 6.07) is 8.67. The highest BCUT2D eigenvalue weighted by atomic mass is 16.5. The van der Waals surface area contributed by atoms with Crippen molar-refractivity contribution in [2.75, 3.05) is 25.3 Å². The predicted octanol–water partition coefficient (Wildman–Crippen LogP) is 2.52. The minimum absolute atomic E-state index is 0.210. The summed E-state index contributed by atoms with van der Waals surface area (Å²) in [5.74, 6) is 1.56. The van der Waals surface area contributed by atoms with E-state index in [4.69, 9.17) is 15.2 Å². The molecule has 0 bridgehead atoms. The summed E-state index contributed by atoms with van der Waals surface area (Å²) in [4.78, 5) is 28.4. The maximum Gasteiger partial charge on any atom is 0.260 e. The van der Waals surface area contributed by atoms with Crippen molar-refractivity contribution in [3.8, 4) is 11.5 Å². The van der Waals surface area contributed by atoms with Crippen LogP contribution in [0.2, 0.25) is 0 Å². The number of hydrogen-bond donors (Lipinski definition) is 3. The molecule has 0 fully saturated rings. The number of methoxy groups -OCH3 is 2. The third-order valence-corrected chi connectivity index (χ3v) is 4.39. The Kier molecular flexibility index (Phi) is 4.19. The van der Waals surface area contributed by atoms with Gasteiger partial charge in [0.25, 0.3) is 5.56 Å². The van der Waals surface area contributed by atoms with Gasteiger partial charge in [-0.2, -0.15) is 0 Å². The van der Waals surface area contributed by atoms with Gasteiger partial charge in [-0.05, 0) is 31.2 Å². The van der Waals surface area contributed by atoms with Crippen LogP contribution >= 0.6 is 0 Å². The lowest BCUT2D eigenvalue weighted by molar-refractivity contribution is 0.417. The topological polar surface area (TPSA) is 128 Å². The third kappa shape index (κ3) is 2.92. The average Bonchev–Trinajstić information content (AvgIpc) is 2.67. The molecule has 0 saturated carbocycles. The first-order valence-corrected chi connectivity index (χ1v) is 8.46. The Morgan fingerprint density at radius 1 is 1.04 bits per heavy atom. The molecule has 2 aromatic heterocycles. The number of fused-ring (bicyclic) bond motifs is 2. The highest BCUT2D eigenvalue weighted by Crippen LogP contribution is 2.29. The van der Waals surface area contributed by atoms with Crippen molar-refractivity contribution in [2.24, 2.45) is 0 Å². The van der Waals surface area contributed by atoms with Gasteiger partial charge in [0.15, 0.2) is 0 Å². The van der Waals surface area contributed by atoms with Crippen LogP contribution < -0.4 is 26.1 Å². The largest absolute Gasteiger partial charge is 0.495 e. The Hall–Kier alpha value is -3.88. The van der Waals surface area contributed by atoms with E-state index in [0.29, 0.717) is 33.6 Å². The molecule has 0 amide bonds. The first kappa shape index (κ1) is 17.5. The molecule has 0 saturated heterocycles. The second-order valence-corrected chi connectivity index (χ2v) is 6.14. The zero-order valence-electron chi connectivity index (χ0n) is 15.5.